The van der Waals surface area contributed by atoms with E-state index in [-0.39, 0.29) is 16.9 Å². The van der Waals surface area contributed by atoms with E-state index in [0.29, 0.717) is 50.1 Å². The maximum absolute atomic E-state index is 13.9. The number of nitrogens with zero attached hydrogens (tertiary/aromatic N) is 2. The first-order valence-electron chi connectivity index (χ1n) is 12.8. The summed E-state index contributed by atoms with van der Waals surface area (Å²) < 4.78 is 102. The maximum Gasteiger partial charge on any atom is 0.416 e. The normalized spacial score (nSPS) is 23.4. The quantitative estimate of drug-likeness (QED) is 0.359. The molecule has 12 heteroatoms. The average molecular weight is 579 g/mol. The second kappa shape index (κ2) is 10.5. The van der Waals surface area contributed by atoms with Gasteiger partial charge in [-0.25, -0.2) is 4.79 Å². The van der Waals surface area contributed by atoms with Crippen molar-refractivity contribution < 1.29 is 40.1 Å². The fraction of sp³-hybridized carbons (Fsp3) is 0.593. The summed E-state index contributed by atoms with van der Waals surface area (Å²) in [7, 11) is -2.01. The van der Waals surface area contributed by atoms with Crippen LogP contribution in [0.25, 0.3) is 17.0 Å². The molecular formula is C27H32F6N2O3S. The highest BCUT2D eigenvalue weighted by molar-refractivity contribution is 7.84. The smallest absolute Gasteiger partial charge is 0.416 e. The van der Waals surface area contributed by atoms with Crippen LogP contribution in [0.3, 0.4) is 0 Å². The number of alkyl halides is 6. The van der Waals surface area contributed by atoms with Crippen LogP contribution in [0.1, 0.15) is 62.1 Å². The van der Waals surface area contributed by atoms with Gasteiger partial charge in [0.2, 0.25) is 0 Å². The Kier molecular flexibility index (Phi) is 7.92. The minimum atomic E-state index is -4.72. The lowest BCUT2D eigenvalue weighted by molar-refractivity contribution is -0.161. The van der Waals surface area contributed by atoms with Crippen LogP contribution in [0.15, 0.2) is 24.3 Å². The molecular weight excluding hydrogens is 546 g/mol. The molecule has 39 heavy (non-hydrogen) atoms. The largest absolute Gasteiger partial charge is 0.444 e. The number of hydrogen-bond acceptors (Lipinski definition) is 3. The number of allylic oxidation sites excluding steroid dienone is 1. The minimum Gasteiger partial charge on any atom is -0.444 e. The van der Waals surface area contributed by atoms with Gasteiger partial charge in [0.25, 0.3) is 0 Å². The Balaban J connectivity index is 1.74. The van der Waals surface area contributed by atoms with Gasteiger partial charge in [-0.1, -0.05) is 6.08 Å². The Morgan fingerprint density at radius 1 is 1.08 bits per heavy atom. The van der Waals surface area contributed by atoms with Crippen LogP contribution >= 0.6 is 0 Å². The van der Waals surface area contributed by atoms with Crippen molar-refractivity contribution in [3.8, 4) is 0 Å². The highest BCUT2D eigenvalue weighted by Crippen LogP contribution is 2.49. The number of hydrogen-bond donors (Lipinski definition) is 0. The number of carbonyl (C=O) groups is 1. The van der Waals surface area contributed by atoms with E-state index in [1.54, 1.807) is 30.2 Å². The van der Waals surface area contributed by atoms with Crippen molar-refractivity contribution >= 4 is 33.9 Å². The summed E-state index contributed by atoms with van der Waals surface area (Å²) in [5.74, 6) is -2.07. The SMILES string of the molecule is CS(=O)C1c2c(n(C[C@@H]3CCCN(C(=O)OC(C)(C)C)CC3)c3ccc(C(F)(F)F)cc23)C=CC1C(F)(F)F. The van der Waals surface area contributed by atoms with Crippen LogP contribution in [-0.4, -0.2) is 50.9 Å². The molecule has 1 saturated heterocycles. The van der Waals surface area contributed by atoms with E-state index in [2.05, 4.69) is 0 Å². The molecule has 216 valence electrons. The zero-order chi connectivity index (χ0) is 28.9. The Hall–Kier alpha value is -2.50. The second-order valence-electron chi connectivity index (χ2n) is 11.2. The van der Waals surface area contributed by atoms with Crippen molar-refractivity contribution in [1.29, 1.82) is 0 Å². The predicted octanol–water partition coefficient (Wildman–Crippen LogP) is 7.32. The monoisotopic (exact) mass is 578 g/mol. The van der Waals surface area contributed by atoms with Gasteiger partial charge in [0, 0.05) is 58.8 Å². The lowest BCUT2D eigenvalue weighted by atomic mass is 9.90. The van der Waals surface area contributed by atoms with E-state index in [4.69, 9.17) is 4.74 Å². The van der Waals surface area contributed by atoms with E-state index >= 15 is 0 Å². The molecule has 0 radical (unpaired) electrons. The van der Waals surface area contributed by atoms with Crippen LogP contribution in [0.4, 0.5) is 31.1 Å². The molecule has 3 unspecified atom stereocenters. The summed E-state index contributed by atoms with van der Waals surface area (Å²) in [6, 6.07) is 3.07. The van der Waals surface area contributed by atoms with Crippen molar-refractivity contribution in [2.45, 2.75) is 69.8 Å². The van der Waals surface area contributed by atoms with Gasteiger partial charge in [-0.3, -0.25) is 4.21 Å². The zero-order valence-corrected chi connectivity index (χ0v) is 23.0. The predicted molar refractivity (Wildman–Crippen MR) is 137 cm³/mol. The molecule has 1 aliphatic heterocycles. The minimum absolute atomic E-state index is 0.0127. The van der Waals surface area contributed by atoms with Gasteiger partial charge in [-0.05, 0) is 70.2 Å². The van der Waals surface area contributed by atoms with Gasteiger partial charge in [0.05, 0.1) is 16.7 Å². The Bertz CT molecular complexity index is 1290. The van der Waals surface area contributed by atoms with Crippen LogP contribution < -0.4 is 0 Å². The number of benzene rings is 1. The molecule has 1 aromatic carbocycles. The fourth-order valence-electron chi connectivity index (χ4n) is 5.50. The van der Waals surface area contributed by atoms with Gasteiger partial charge < -0.3 is 14.2 Å². The summed E-state index contributed by atoms with van der Waals surface area (Å²) >= 11 is 0. The lowest BCUT2D eigenvalue weighted by Crippen LogP contribution is -2.37. The topological polar surface area (TPSA) is 51.5 Å². The molecule has 0 N–H and O–H groups in total. The number of rotatable bonds is 3. The Morgan fingerprint density at radius 2 is 1.77 bits per heavy atom. The lowest BCUT2D eigenvalue weighted by Gasteiger charge is -2.29. The van der Waals surface area contributed by atoms with Crippen molar-refractivity contribution in [1.82, 2.24) is 9.47 Å². The molecule has 1 aromatic heterocycles. The van der Waals surface area contributed by atoms with Crippen LogP contribution in [0, 0.1) is 11.8 Å². The highest BCUT2D eigenvalue weighted by atomic mass is 32.2. The molecule has 1 amide bonds. The summed E-state index contributed by atoms with van der Waals surface area (Å²) in [6.07, 6.45) is -4.42. The van der Waals surface area contributed by atoms with Crippen molar-refractivity contribution in [2.24, 2.45) is 11.8 Å². The first-order valence-corrected chi connectivity index (χ1v) is 14.4. The average Bonchev–Trinajstić information content (AvgIpc) is 2.93. The number of amides is 1. The van der Waals surface area contributed by atoms with Crippen molar-refractivity contribution in [3.05, 3.63) is 41.1 Å². The molecule has 2 aromatic rings. The number of fused-ring (bicyclic) bond motifs is 3. The first-order chi connectivity index (χ1) is 18.0. The molecule has 5 nitrogen and oxygen atoms in total. The number of likely N-dealkylation sites (tertiary alicyclic amines) is 1. The Labute approximate surface area is 225 Å². The van der Waals surface area contributed by atoms with Gasteiger partial charge >= 0.3 is 18.4 Å². The number of aromatic nitrogens is 1. The van der Waals surface area contributed by atoms with Gasteiger partial charge in [0.15, 0.2) is 0 Å². The van der Waals surface area contributed by atoms with E-state index in [1.165, 1.54) is 12.1 Å². The number of ether oxygens (including phenoxy) is 1. The summed E-state index contributed by atoms with van der Waals surface area (Å²) in [5.41, 5.74) is -0.873. The van der Waals surface area contributed by atoms with Crippen molar-refractivity contribution in [2.75, 3.05) is 19.3 Å². The zero-order valence-electron chi connectivity index (χ0n) is 22.2. The Morgan fingerprint density at radius 3 is 2.36 bits per heavy atom. The van der Waals surface area contributed by atoms with Gasteiger partial charge in [0.1, 0.15) is 5.60 Å². The third-order valence-electron chi connectivity index (χ3n) is 7.22. The summed E-state index contributed by atoms with van der Waals surface area (Å²) in [6.45, 7) is 6.60. The van der Waals surface area contributed by atoms with E-state index in [1.807, 2.05) is 0 Å². The third-order valence-corrected chi connectivity index (χ3v) is 8.46. The van der Waals surface area contributed by atoms with Gasteiger partial charge in [-0.15, -0.1) is 0 Å². The van der Waals surface area contributed by atoms with Crippen molar-refractivity contribution in [3.63, 3.8) is 0 Å². The molecule has 2 aliphatic rings. The first kappa shape index (κ1) is 29.5. The molecule has 2 heterocycles. The van der Waals surface area contributed by atoms with Crippen LogP contribution in [0.2, 0.25) is 0 Å². The molecule has 4 atom stereocenters. The highest BCUT2D eigenvalue weighted by Gasteiger charge is 2.49. The fourth-order valence-corrected chi connectivity index (χ4v) is 6.73. The van der Waals surface area contributed by atoms with E-state index in [9.17, 15) is 35.3 Å². The molecule has 4 rings (SSSR count). The summed E-state index contributed by atoms with van der Waals surface area (Å²) in [4.78, 5) is 14.2. The molecule has 1 aliphatic carbocycles. The number of halogens is 6. The van der Waals surface area contributed by atoms with E-state index < -0.39 is 51.6 Å². The van der Waals surface area contributed by atoms with Crippen LogP contribution in [0.5, 0.6) is 0 Å². The van der Waals surface area contributed by atoms with Crippen LogP contribution in [-0.2, 0) is 28.3 Å². The third kappa shape index (κ3) is 6.30. The maximum atomic E-state index is 13.9. The molecule has 0 bridgehead atoms. The van der Waals surface area contributed by atoms with E-state index in [0.717, 1.165) is 24.5 Å². The molecule has 1 fully saturated rings. The summed E-state index contributed by atoms with van der Waals surface area (Å²) in [5, 5.41) is -1.50. The standard InChI is InChI=1S/C27H32F6N2O3S/c1-25(2,3)38-24(36)34-12-5-6-16(11-13-34)15-35-20-9-7-17(26(28,29)30)14-18(20)22-21(35)10-8-19(27(31,32)33)23(22)39(4)37/h7-10,14,16,19,23H,5-6,11-13,15H2,1-4H3/t16-,19?,23?,39?/m1/s1. The molecule has 0 saturated carbocycles. The second-order valence-corrected chi connectivity index (χ2v) is 12.8. The van der Waals surface area contributed by atoms with Gasteiger partial charge in [-0.2, -0.15) is 26.3 Å². The molecule has 0 spiro atoms. The number of carbonyl (C=O) groups excluding carboxylic acids is 1.